The molecule has 0 aliphatic heterocycles. The van der Waals surface area contributed by atoms with Crippen molar-refractivity contribution in [2.24, 2.45) is 0 Å². The first-order valence-electron chi connectivity index (χ1n) is 4.22. The maximum Gasteiger partial charge on any atom is 0.274 e. The molecule has 80 valence electrons. The molecule has 1 aromatic rings. The summed E-state index contributed by atoms with van der Waals surface area (Å²) in [5.41, 5.74) is 1.99. The van der Waals surface area contributed by atoms with Crippen molar-refractivity contribution in [2.45, 2.75) is 13.8 Å². The normalized spacial score (nSPS) is 7.21. The largest absolute Gasteiger partial charge is 0.288 e. The quantitative estimate of drug-likeness (QED) is 0.541. The maximum absolute atomic E-state index is 10.7. The molecule has 0 saturated heterocycles. The molecule has 1 aromatic carbocycles. The SMILES string of the molecule is CC.CF.O=C(NO)c1ccccc1. The van der Waals surface area contributed by atoms with Gasteiger partial charge in [-0.2, -0.15) is 0 Å². The summed E-state index contributed by atoms with van der Waals surface area (Å²) in [5, 5.41) is 8.19. The molecule has 0 aliphatic carbocycles. The van der Waals surface area contributed by atoms with E-state index in [1.165, 1.54) is 0 Å². The summed E-state index contributed by atoms with van der Waals surface area (Å²) in [6, 6.07) is 8.49. The number of hydroxylamine groups is 1. The second-order valence-corrected chi connectivity index (χ2v) is 1.81. The predicted molar refractivity (Wildman–Crippen MR) is 54.1 cm³/mol. The topological polar surface area (TPSA) is 49.3 Å². The van der Waals surface area contributed by atoms with Gasteiger partial charge in [0.25, 0.3) is 5.91 Å². The summed E-state index contributed by atoms with van der Waals surface area (Å²) in [6.45, 7) is 4.00. The number of rotatable bonds is 1. The summed E-state index contributed by atoms with van der Waals surface area (Å²) in [7, 11) is 0.500. The minimum Gasteiger partial charge on any atom is -0.288 e. The van der Waals surface area contributed by atoms with Crippen LogP contribution in [0.2, 0.25) is 0 Å². The highest BCUT2D eigenvalue weighted by atomic mass is 19.1. The minimum atomic E-state index is -0.486. The number of halogens is 1. The summed E-state index contributed by atoms with van der Waals surface area (Å²) in [5.74, 6) is -0.486. The van der Waals surface area contributed by atoms with Gasteiger partial charge < -0.3 is 0 Å². The Morgan fingerprint density at radius 3 is 2.00 bits per heavy atom. The van der Waals surface area contributed by atoms with Crippen molar-refractivity contribution in [3.05, 3.63) is 35.9 Å². The van der Waals surface area contributed by atoms with Crippen LogP contribution in [0.15, 0.2) is 30.3 Å². The fraction of sp³-hybridized carbons (Fsp3) is 0.300. The molecule has 0 atom stereocenters. The van der Waals surface area contributed by atoms with E-state index in [0.717, 1.165) is 0 Å². The number of carbonyl (C=O) groups excluding carboxylic acids is 1. The lowest BCUT2D eigenvalue weighted by molar-refractivity contribution is 0.0706. The highest BCUT2D eigenvalue weighted by Crippen LogP contribution is 1.96. The van der Waals surface area contributed by atoms with Crippen LogP contribution in [0.5, 0.6) is 0 Å². The lowest BCUT2D eigenvalue weighted by atomic mass is 10.2. The van der Waals surface area contributed by atoms with E-state index in [0.29, 0.717) is 12.7 Å². The van der Waals surface area contributed by atoms with Crippen LogP contribution in [0.1, 0.15) is 24.2 Å². The van der Waals surface area contributed by atoms with Gasteiger partial charge in [-0.25, -0.2) is 5.48 Å². The highest BCUT2D eigenvalue weighted by Gasteiger charge is 1.99. The van der Waals surface area contributed by atoms with E-state index in [-0.39, 0.29) is 0 Å². The molecule has 14 heavy (non-hydrogen) atoms. The van der Waals surface area contributed by atoms with Gasteiger partial charge in [0.2, 0.25) is 0 Å². The van der Waals surface area contributed by atoms with Crippen molar-refractivity contribution in [1.82, 2.24) is 5.48 Å². The Morgan fingerprint density at radius 1 is 1.21 bits per heavy atom. The van der Waals surface area contributed by atoms with Gasteiger partial charge in [0.1, 0.15) is 0 Å². The number of hydrogen-bond acceptors (Lipinski definition) is 2. The zero-order chi connectivity index (χ0) is 11.4. The Kier molecular flexibility index (Phi) is 12.5. The second-order valence-electron chi connectivity index (χ2n) is 1.81. The molecule has 0 spiro atoms. The van der Waals surface area contributed by atoms with Crippen LogP contribution in [-0.2, 0) is 0 Å². The average Bonchev–Trinajstić information content (AvgIpc) is 2.34. The van der Waals surface area contributed by atoms with Crippen LogP contribution in [0.25, 0.3) is 0 Å². The molecule has 0 saturated carbocycles. The molecule has 3 nitrogen and oxygen atoms in total. The van der Waals surface area contributed by atoms with E-state index in [1.54, 1.807) is 35.8 Å². The fourth-order valence-corrected chi connectivity index (χ4v) is 0.654. The molecule has 1 amide bonds. The number of alkyl halides is 1. The van der Waals surface area contributed by atoms with Crippen molar-refractivity contribution in [2.75, 3.05) is 7.18 Å². The molecule has 4 heteroatoms. The standard InChI is InChI=1S/C7H7NO2.C2H6.CH3F/c9-7(8-10)6-4-2-1-3-5-6;2*1-2/h1-5,10H,(H,8,9);1-2H3;1H3. The molecule has 0 fully saturated rings. The maximum atomic E-state index is 10.7. The summed E-state index contributed by atoms with van der Waals surface area (Å²) >= 11 is 0. The van der Waals surface area contributed by atoms with Gasteiger partial charge in [0.15, 0.2) is 0 Å². The smallest absolute Gasteiger partial charge is 0.274 e. The summed E-state index contributed by atoms with van der Waals surface area (Å²) in [6.07, 6.45) is 0. The van der Waals surface area contributed by atoms with Gasteiger partial charge in [-0.1, -0.05) is 32.0 Å². The van der Waals surface area contributed by atoms with Crippen LogP contribution in [0, 0.1) is 0 Å². The van der Waals surface area contributed by atoms with Crippen LogP contribution in [0.4, 0.5) is 4.39 Å². The Hall–Kier alpha value is -1.42. The number of hydrogen-bond donors (Lipinski definition) is 2. The van der Waals surface area contributed by atoms with E-state index in [4.69, 9.17) is 5.21 Å². The van der Waals surface area contributed by atoms with Gasteiger partial charge >= 0.3 is 0 Å². The van der Waals surface area contributed by atoms with Gasteiger partial charge in [0.05, 0.1) is 7.18 Å². The average molecular weight is 201 g/mol. The van der Waals surface area contributed by atoms with Crippen LogP contribution >= 0.6 is 0 Å². The van der Waals surface area contributed by atoms with Crippen molar-refractivity contribution < 1.29 is 14.4 Å². The van der Waals surface area contributed by atoms with E-state index >= 15 is 0 Å². The Bertz CT molecular complexity index is 227. The van der Waals surface area contributed by atoms with Gasteiger partial charge in [0, 0.05) is 5.56 Å². The van der Waals surface area contributed by atoms with Gasteiger partial charge in [-0.05, 0) is 12.1 Å². The van der Waals surface area contributed by atoms with Crippen LogP contribution in [-0.4, -0.2) is 18.3 Å². The van der Waals surface area contributed by atoms with Crippen molar-refractivity contribution >= 4 is 5.91 Å². The molecule has 0 aliphatic rings. The molecule has 0 heterocycles. The summed E-state index contributed by atoms with van der Waals surface area (Å²) < 4.78 is 9.50. The zero-order valence-corrected chi connectivity index (χ0v) is 8.62. The van der Waals surface area contributed by atoms with Crippen LogP contribution < -0.4 is 5.48 Å². The van der Waals surface area contributed by atoms with Crippen molar-refractivity contribution in [3.8, 4) is 0 Å². The third kappa shape index (κ3) is 6.14. The first kappa shape index (κ1) is 15.1. The first-order chi connectivity index (χ1) is 6.84. The molecule has 2 N–H and O–H groups in total. The Balaban J connectivity index is 0. The lowest BCUT2D eigenvalue weighted by Crippen LogP contribution is -2.18. The summed E-state index contributed by atoms with van der Waals surface area (Å²) in [4.78, 5) is 10.7. The van der Waals surface area contributed by atoms with Gasteiger partial charge in [-0.3, -0.25) is 14.4 Å². The van der Waals surface area contributed by atoms with E-state index in [9.17, 15) is 9.18 Å². The molecular weight excluding hydrogens is 185 g/mol. The molecule has 0 bridgehead atoms. The molecule has 0 radical (unpaired) electrons. The molecular formula is C10H16FNO2. The minimum absolute atomic E-state index is 0.449. The lowest BCUT2D eigenvalue weighted by Gasteiger charge is -1.94. The number of nitrogens with one attached hydrogen (secondary N) is 1. The molecule has 1 rings (SSSR count). The zero-order valence-electron chi connectivity index (χ0n) is 8.62. The number of carbonyl (C=O) groups is 1. The highest BCUT2D eigenvalue weighted by molar-refractivity contribution is 5.93. The van der Waals surface area contributed by atoms with E-state index in [2.05, 4.69) is 0 Å². The second kappa shape index (κ2) is 11.6. The number of amides is 1. The Labute approximate surface area is 83.5 Å². The number of benzene rings is 1. The van der Waals surface area contributed by atoms with Crippen molar-refractivity contribution in [1.29, 1.82) is 0 Å². The Morgan fingerprint density at radius 2 is 1.64 bits per heavy atom. The third-order valence-electron chi connectivity index (χ3n) is 1.14. The fourth-order valence-electron chi connectivity index (χ4n) is 0.654. The molecule has 0 aromatic heterocycles. The van der Waals surface area contributed by atoms with E-state index < -0.39 is 5.91 Å². The predicted octanol–water partition coefficient (Wildman–Crippen LogP) is 2.42. The van der Waals surface area contributed by atoms with Gasteiger partial charge in [-0.15, -0.1) is 0 Å². The first-order valence-corrected chi connectivity index (χ1v) is 4.22. The molecule has 0 unspecified atom stereocenters. The van der Waals surface area contributed by atoms with Crippen molar-refractivity contribution in [3.63, 3.8) is 0 Å². The third-order valence-corrected chi connectivity index (χ3v) is 1.14. The van der Waals surface area contributed by atoms with Crippen LogP contribution in [0.3, 0.4) is 0 Å². The monoisotopic (exact) mass is 201 g/mol. The van der Waals surface area contributed by atoms with E-state index in [1.807, 2.05) is 13.8 Å².